The number of hydrogen-bond acceptors (Lipinski definition) is 10. The first-order valence-corrected chi connectivity index (χ1v) is 24.6. The molecule has 0 saturated heterocycles. The number of aliphatic hydroxyl groups excluding tert-OH is 1. The van der Waals surface area contributed by atoms with Gasteiger partial charge in [-0.05, 0) is 76.3 Å². The summed E-state index contributed by atoms with van der Waals surface area (Å²) < 4.78 is 25.2. The Morgan fingerprint density at radius 1 is 0.697 bits per heavy atom. The summed E-state index contributed by atoms with van der Waals surface area (Å²) in [6.45, 7) is 14.6. The largest absolute Gasteiger partial charge is 0.493 e. The third-order valence-corrected chi connectivity index (χ3v) is 19.3. The lowest BCUT2D eigenvalue weighted by molar-refractivity contribution is 0.103. The number of ketones is 1. The van der Waals surface area contributed by atoms with Gasteiger partial charge in [-0.25, -0.2) is 15.0 Å². The monoisotopic (exact) mass is 944 g/mol. The van der Waals surface area contributed by atoms with E-state index in [0.717, 1.165) is 33.1 Å². The molecule has 66 heavy (non-hydrogen) atoms. The number of aliphatic hydroxyl groups is 1. The van der Waals surface area contributed by atoms with Gasteiger partial charge >= 0.3 is 0 Å². The zero-order chi connectivity index (χ0) is 47.1. The topological polar surface area (TPSA) is 146 Å². The van der Waals surface area contributed by atoms with E-state index in [1.807, 2.05) is 60.8 Å². The molecule has 1 unspecified atom stereocenters. The number of aromatic amines is 1. The Bertz CT molecular complexity index is 2900. The van der Waals surface area contributed by atoms with Gasteiger partial charge in [-0.15, -0.1) is 0 Å². The molecule has 0 aliphatic carbocycles. The summed E-state index contributed by atoms with van der Waals surface area (Å²) in [5.74, 6) is 1.69. The van der Waals surface area contributed by atoms with Crippen molar-refractivity contribution >= 4 is 59.3 Å². The van der Waals surface area contributed by atoms with Crippen LogP contribution in [0.5, 0.6) is 23.0 Å². The van der Waals surface area contributed by atoms with Crippen molar-refractivity contribution in [1.29, 1.82) is 0 Å². The van der Waals surface area contributed by atoms with Gasteiger partial charge in [0.1, 0.15) is 36.3 Å². The van der Waals surface area contributed by atoms with E-state index < -0.39 is 14.3 Å². The van der Waals surface area contributed by atoms with Gasteiger partial charge in [0, 0.05) is 63.3 Å². The molecular formula is C51H54Cl2N6O6Si. The summed E-state index contributed by atoms with van der Waals surface area (Å²) >= 11 is 11.9. The van der Waals surface area contributed by atoms with E-state index in [-0.39, 0.29) is 11.5 Å². The Kier molecular flexibility index (Phi) is 15.1. The van der Waals surface area contributed by atoms with Gasteiger partial charge in [0.25, 0.3) is 0 Å². The van der Waals surface area contributed by atoms with Gasteiger partial charge in [-0.1, -0.05) is 89.0 Å². The van der Waals surface area contributed by atoms with Crippen LogP contribution in [0.2, 0.25) is 26.7 Å². The van der Waals surface area contributed by atoms with Crippen molar-refractivity contribution in [1.82, 2.24) is 29.2 Å². The number of hydrogen-bond donors (Lipinski definition) is 2. The van der Waals surface area contributed by atoms with Gasteiger partial charge in [0.2, 0.25) is 5.78 Å². The van der Waals surface area contributed by atoms with E-state index >= 15 is 0 Å². The van der Waals surface area contributed by atoms with Crippen LogP contribution < -0.4 is 18.9 Å². The van der Waals surface area contributed by atoms with Crippen LogP contribution in [-0.2, 0) is 13.2 Å². The Balaban J connectivity index is 0.000000205. The van der Waals surface area contributed by atoms with E-state index in [4.69, 9.17) is 47.1 Å². The minimum atomic E-state index is -2.10. The molecule has 8 rings (SSSR count). The predicted molar refractivity (Wildman–Crippen MR) is 263 cm³/mol. The number of methoxy groups -OCH3 is 2. The molecule has 1 atom stereocenters. The number of benzene rings is 2. The molecule has 6 heterocycles. The molecule has 12 nitrogen and oxygen atoms in total. The highest BCUT2D eigenvalue weighted by Crippen LogP contribution is 2.46. The van der Waals surface area contributed by atoms with Crippen LogP contribution in [-0.4, -0.2) is 62.5 Å². The van der Waals surface area contributed by atoms with Crippen molar-refractivity contribution in [3.63, 3.8) is 0 Å². The van der Waals surface area contributed by atoms with E-state index in [1.54, 1.807) is 56.0 Å². The molecule has 342 valence electrons. The molecule has 0 aliphatic heterocycles. The molecule has 8 aromatic rings. The summed E-state index contributed by atoms with van der Waals surface area (Å²) in [6.07, 6.45) is 9.44. The van der Waals surface area contributed by atoms with Crippen LogP contribution in [0.15, 0.2) is 122 Å². The molecule has 0 amide bonds. The number of nitrogens with one attached hydrogen (secondary N) is 1. The summed E-state index contributed by atoms with van der Waals surface area (Å²) in [5, 5.41) is 14.7. The minimum Gasteiger partial charge on any atom is -0.493 e. The van der Waals surface area contributed by atoms with Crippen molar-refractivity contribution in [3.05, 3.63) is 166 Å². The molecule has 0 fully saturated rings. The maximum Gasteiger partial charge on any atom is 0.213 e. The molecule has 6 aromatic heterocycles. The summed E-state index contributed by atoms with van der Waals surface area (Å²) in [7, 11) is 1.01. The molecule has 0 spiro atoms. The highest BCUT2D eigenvalue weighted by Gasteiger charge is 2.46. The van der Waals surface area contributed by atoms with Crippen LogP contribution in [0.3, 0.4) is 0 Å². The number of H-pyrrole nitrogens is 1. The van der Waals surface area contributed by atoms with Crippen LogP contribution in [0.1, 0.15) is 86.1 Å². The Morgan fingerprint density at radius 3 is 1.79 bits per heavy atom. The van der Waals surface area contributed by atoms with Crippen molar-refractivity contribution in [2.45, 2.75) is 77.5 Å². The average molecular weight is 946 g/mol. The van der Waals surface area contributed by atoms with E-state index in [9.17, 15) is 9.90 Å². The average Bonchev–Trinajstić information content (AvgIpc) is 3.93. The zero-order valence-electron chi connectivity index (χ0n) is 38.3. The SMILES string of the molecule is COc1cc(C(=O)c2c[nH]c3ncccc23)ncc1OCc1ccc(Cl)cc1.COc1cc(C(O)c2cn([Si](C(C)C)(C(C)C)C(C)C)c3ncccc23)ncc1OCc1ccc(Cl)cc1. The van der Waals surface area contributed by atoms with Crippen LogP contribution in [0, 0.1) is 0 Å². The van der Waals surface area contributed by atoms with E-state index in [0.29, 0.717) is 79.8 Å². The second-order valence-electron chi connectivity index (χ2n) is 16.8. The fraction of sp³-hybridized carbons (Fsp3) is 0.275. The highest BCUT2D eigenvalue weighted by molar-refractivity contribution is 6.82. The van der Waals surface area contributed by atoms with Crippen LogP contribution in [0.4, 0.5) is 0 Å². The number of nitrogens with zero attached hydrogens (tertiary/aromatic N) is 5. The van der Waals surface area contributed by atoms with Gasteiger partial charge in [-0.2, -0.15) is 0 Å². The number of halogens is 2. The molecule has 2 aromatic carbocycles. The van der Waals surface area contributed by atoms with Gasteiger partial charge in [0.05, 0.1) is 37.9 Å². The summed E-state index contributed by atoms with van der Waals surface area (Å²) in [4.78, 5) is 33.7. The quantitative estimate of drug-likeness (QED) is 0.0709. The predicted octanol–water partition coefficient (Wildman–Crippen LogP) is 12.2. The Hall–Kier alpha value is -6.25. The maximum atomic E-state index is 12.9. The smallest absolute Gasteiger partial charge is 0.213 e. The molecule has 0 saturated carbocycles. The van der Waals surface area contributed by atoms with Gasteiger partial charge in [0.15, 0.2) is 31.2 Å². The fourth-order valence-corrected chi connectivity index (χ4v) is 15.9. The lowest BCUT2D eigenvalue weighted by atomic mass is 10.1. The molecule has 0 radical (unpaired) electrons. The molecule has 0 bridgehead atoms. The maximum absolute atomic E-state index is 12.9. The molecular weight excluding hydrogens is 892 g/mol. The van der Waals surface area contributed by atoms with E-state index in [1.165, 1.54) is 13.3 Å². The highest BCUT2D eigenvalue weighted by atomic mass is 35.5. The fourth-order valence-electron chi connectivity index (χ4n) is 9.03. The number of carbonyl (C=O) groups excluding carboxylic acids is 1. The second-order valence-corrected chi connectivity index (χ2v) is 23.4. The first-order chi connectivity index (χ1) is 31.8. The van der Waals surface area contributed by atoms with Crippen molar-refractivity contribution in [3.8, 4) is 23.0 Å². The van der Waals surface area contributed by atoms with Gasteiger partial charge < -0.3 is 33.3 Å². The van der Waals surface area contributed by atoms with Crippen molar-refractivity contribution in [2.24, 2.45) is 0 Å². The van der Waals surface area contributed by atoms with Crippen molar-refractivity contribution < 1.29 is 28.8 Å². The summed E-state index contributed by atoms with van der Waals surface area (Å²) in [6, 6.07) is 25.8. The standard InChI is InChI=1S/C30H38ClN3O3Si.C21H16ClN3O3/c1-19(2)38(20(3)4,21(5)6)34-17-25(24-9-8-14-32-30(24)34)29(35)26-15-27(36-7)28(16-33-26)37-18-22-10-12-23(31)13-11-22;1-27-18-9-17(20(26)16-10-25-21-15(16)3-2-8-23-21)24-11-19(18)28-12-13-4-6-14(22)7-5-13/h8-17,19-21,29,35H,18H2,1-7H3;2-11H,12H2,1H3,(H,23,25). The number of aromatic nitrogens is 6. The summed E-state index contributed by atoms with van der Waals surface area (Å²) in [5.41, 5.74) is 7.05. The number of carbonyl (C=O) groups is 1. The Morgan fingerprint density at radius 2 is 1.23 bits per heavy atom. The van der Waals surface area contributed by atoms with Crippen molar-refractivity contribution in [2.75, 3.05) is 14.2 Å². The normalized spacial score (nSPS) is 12.1. The second kappa shape index (κ2) is 20.9. The third-order valence-electron chi connectivity index (χ3n) is 12.0. The Labute approximate surface area is 396 Å². The molecule has 0 aliphatic rings. The number of ether oxygens (including phenoxy) is 4. The number of rotatable bonds is 16. The number of fused-ring (bicyclic) bond motifs is 2. The minimum absolute atomic E-state index is 0.221. The zero-order valence-corrected chi connectivity index (χ0v) is 40.8. The van der Waals surface area contributed by atoms with E-state index in [2.05, 4.69) is 71.9 Å². The van der Waals surface area contributed by atoms with Crippen LogP contribution in [0.25, 0.3) is 22.1 Å². The number of pyridine rings is 4. The first-order valence-electron chi connectivity index (χ1n) is 21.7. The van der Waals surface area contributed by atoms with Gasteiger partial charge in [-0.3, -0.25) is 9.78 Å². The third kappa shape index (κ3) is 9.94. The molecule has 15 heteroatoms. The van der Waals surface area contributed by atoms with Crippen LogP contribution >= 0.6 is 23.2 Å². The molecule has 2 N–H and O–H groups in total. The lowest BCUT2D eigenvalue weighted by Crippen LogP contribution is -2.51. The lowest BCUT2D eigenvalue weighted by Gasteiger charge is -2.44. The first kappa shape index (κ1) is 47.7.